The van der Waals surface area contributed by atoms with Gasteiger partial charge >= 0.3 is 12.1 Å². The number of ether oxygens (including phenoxy) is 3. The number of halogens is 5. The van der Waals surface area contributed by atoms with Gasteiger partial charge in [0.2, 0.25) is 0 Å². The maximum atomic E-state index is 13.1. The lowest BCUT2D eigenvalue weighted by molar-refractivity contribution is -0.170. The van der Waals surface area contributed by atoms with Crippen LogP contribution in [0.4, 0.5) is 13.2 Å². The van der Waals surface area contributed by atoms with Crippen LogP contribution in [-0.2, 0) is 33.5 Å². The largest absolute Gasteiger partial charge is 0.475 e. The van der Waals surface area contributed by atoms with E-state index in [-0.39, 0.29) is 16.9 Å². The molecular weight excluding hydrogens is 680 g/mol. The van der Waals surface area contributed by atoms with E-state index in [0.717, 1.165) is 38.6 Å². The molecule has 0 amide bonds. The highest BCUT2D eigenvalue weighted by Gasteiger charge is 2.36. The monoisotopic (exact) mass is 722 g/mol. The molecule has 1 aromatic heterocycles. The molecule has 260 valence electrons. The van der Waals surface area contributed by atoms with Crippen molar-refractivity contribution in [3.8, 4) is 16.2 Å². The summed E-state index contributed by atoms with van der Waals surface area (Å²) < 4.78 is 57.1. The number of rotatable bonds is 11. The maximum Gasteiger partial charge on any atom is 0.416 e. The van der Waals surface area contributed by atoms with E-state index in [2.05, 4.69) is 0 Å². The van der Waals surface area contributed by atoms with Crippen molar-refractivity contribution in [2.45, 2.75) is 98.3 Å². The third kappa shape index (κ3) is 11.0. The molecule has 48 heavy (non-hydrogen) atoms. The average molecular weight is 724 g/mol. The number of carbonyl (C=O) groups is 1. The standard InChI is InChI=1S/C36H37Cl2F3O4S.C2H6/c1-22-7-9-23(10-8-22)21-43-27(30-20-19-29(46-30)24-11-15-26(16-12-24)36(39,40)41)17-13-25-14-18-28(32(38)31(25)37)44-35(5,6)33(42)45-34(2,3)4;1-2/h7-12,14-16,18-20,27H,13,17,21H2,1-6H3;1-2H3. The molecule has 1 heterocycles. The predicted octanol–water partition coefficient (Wildman–Crippen LogP) is 12.5. The Bertz CT molecular complexity index is 1640. The minimum absolute atomic E-state index is 0.189. The van der Waals surface area contributed by atoms with Gasteiger partial charge in [0, 0.05) is 9.75 Å². The Balaban J connectivity index is 0.00000307. The highest BCUT2D eigenvalue weighted by atomic mass is 35.5. The Morgan fingerprint density at radius 2 is 1.46 bits per heavy atom. The first-order valence-electron chi connectivity index (χ1n) is 15.8. The number of hydrogen-bond acceptors (Lipinski definition) is 5. The van der Waals surface area contributed by atoms with Crippen molar-refractivity contribution in [1.82, 2.24) is 0 Å². The molecule has 3 aromatic carbocycles. The smallest absolute Gasteiger partial charge is 0.416 e. The van der Waals surface area contributed by atoms with Crippen LogP contribution in [0.2, 0.25) is 10.0 Å². The molecule has 0 aliphatic heterocycles. The molecule has 4 rings (SSSR count). The molecule has 1 atom stereocenters. The highest BCUT2D eigenvalue weighted by Crippen LogP contribution is 2.40. The lowest BCUT2D eigenvalue weighted by atomic mass is 10.0. The Hall–Kier alpha value is -3.04. The third-order valence-electron chi connectivity index (χ3n) is 7.07. The molecule has 0 N–H and O–H groups in total. The molecule has 4 aromatic rings. The first-order chi connectivity index (χ1) is 22.4. The van der Waals surface area contributed by atoms with E-state index < -0.39 is 28.9 Å². The van der Waals surface area contributed by atoms with Gasteiger partial charge in [-0.25, -0.2) is 4.79 Å². The second-order valence-electron chi connectivity index (χ2n) is 12.6. The normalized spacial score (nSPS) is 12.6. The van der Waals surface area contributed by atoms with E-state index in [1.54, 1.807) is 40.7 Å². The van der Waals surface area contributed by atoms with Crippen molar-refractivity contribution in [3.63, 3.8) is 0 Å². The van der Waals surface area contributed by atoms with E-state index in [4.69, 9.17) is 37.4 Å². The van der Waals surface area contributed by atoms with Crippen LogP contribution in [0.1, 0.15) is 88.1 Å². The van der Waals surface area contributed by atoms with E-state index in [1.807, 2.05) is 63.2 Å². The predicted molar refractivity (Wildman–Crippen MR) is 190 cm³/mol. The molecule has 0 aliphatic rings. The average Bonchev–Trinajstić information content (AvgIpc) is 3.51. The van der Waals surface area contributed by atoms with Gasteiger partial charge in [-0.1, -0.05) is 85.1 Å². The lowest BCUT2D eigenvalue weighted by Gasteiger charge is -2.29. The molecular formula is C38H43Cl2F3O4S. The molecule has 0 spiro atoms. The van der Waals surface area contributed by atoms with Gasteiger partial charge in [0.1, 0.15) is 16.4 Å². The van der Waals surface area contributed by atoms with Crippen LogP contribution in [0, 0.1) is 6.92 Å². The molecule has 0 saturated heterocycles. The fourth-order valence-electron chi connectivity index (χ4n) is 4.54. The Kier molecular flexibility index (Phi) is 13.6. The van der Waals surface area contributed by atoms with E-state index in [9.17, 15) is 18.0 Å². The van der Waals surface area contributed by atoms with Crippen LogP contribution in [0.3, 0.4) is 0 Å². The number of thiophene rings is 1. The van der Waals surface area contributed by atoms with Gasteiger partial charge < -0.3 is 14.2 Å². The summed E-state index contributed by atoms with van der Waals surface area (Å²) in [6.45, 7) is 14.9. The van der Waals surface area contributed by atoms with Gasteiger partial charge in [-0.3, -0.25) is 0 Å². The van der Waals surface area contributed by atoms with Crippen molar-refractivity contribution < 1.29 is 32.2 Å². The number of aryl methyl sites for hydroxylation is 2. The fraction of sp³-hybridized carbons (Fsp3) is 0.395. The van der Waals surface area contributed by atoms with Crippen LogP contribution in [0.5, 0.6) is 5.75 Å². The molecule has 0 aliphatic carbocycles. The highest BCUT2D eigenvalue weighted by molar-refractivity contribution is 7.15. The second-order valence-corrected chi connectivity index (χ2v) is 14.4. The number of hydrogen-bond donors (Lipinski definition) is 0. The van der Waals surface area contributed by atoms with Crippen LogP contribution < -0.4 is 4.74 Å². The molecule has 0 bridgehead atoms. The minimum atomic E-state index is -4.39. The van der Waals surface area contributed by atoms with Crippen LogP contribution in [0.25, 0.3) is 10.4 Å². The first kappa shape index (κ1) is 39.4. The number of carbonyl (C=O) groups excluding carboxylic acids is 1. The third-order valence-corrected chi connectivity index (χ3v) is 9.20. The molecule has 0 fully saturated rings. The number of esters is 1. The van der Waals surface area contributed by atoms with E-state index in [0.29, 0.717) is 30.0 Å². The summed E-state index contributed by atoms with van der Waals surface area (Å²) >= 11 is 14.8. The summed E-state index contributed by atoms with van der Waals surface area (Å²) in [5, 5.41) is 0.502. The topological polar surface area (TPSA) is 44.8 Å². The Labute approximate surface area is 296 Å². The SMILES string of the molecule is CC.Cc1ccc(COC(CCc2ccc(OC(C)(C)C(=O)OC(C)(C)C)c(Cl)c2Cl)c2ccc(-c3ccc(C(F)(F)F)cc3)s2)cc1. The first-order valence-corrected chi connectivity index (χ1v) is 17.3. The zero-order valence-electron chi connectivity index (χ0n) is 28.6. The van der Waals surface area contributed by atoms with Crippen LogP contribution in [0.15, 0.2) is 72.8 Å². The minimum Gasteiger partial charge on any atom is -0.475 e. The van der Waals surface area contributed by atoms with E-state index in [1.165, 1.54) is 23.5 Å². The second kappa shape index (κ2) is 16.6. The molecule has 4 nitrogen and oxygen atoms in total. The van der Waals surface area contributed by atoms with Crippen molar-refractivity contribution in [2.75, 3.05) is 0 Å². The van der Waals surface area contributed by atoms with Gasteiger partial charge in [-0.15, -0.1) is 11.3 Å². The van der Waals surface area contributed by atoms with Crippen LogP contribution >= 0.6 is 34.5 Å². The van der Waals surface area contributed by atoms with Crippen molar-refractivity contribution in [1.29, 1.82) is 0 Å². The van der Waals surface area contributed by atoms with Gasteiger partial charge in [0.05, 0.1) is 23.3 Å². The summed E-state index contributed by atoms with van der Waals surface area (Å²) in [6, 6.07) is 20.6. The Morgan fingerprint density at radius 3 is 2.04 bits per heavy atom. The van der Waals surface area contributed by atoms with Crippen molar-refractivity contribution in [3.05, 3.63) is 110 Å². The fourth-order valence-corrected chi connectivity index (χ4v) is 6.11. The lowest BCUT2D eigenvalue weighted by Crippen LogP contribution is -2.43. The van der Waals surface area contributed by atoms with Gasteiger partial charge in [0.15, 0.2) is 5.60 Å². The quantitative estimate of drug-likeness (QED) is 0.145. The Morgan fingerprint density at radius 1 is 0.833 bits per heavy atom. The van der Waals surface area contributed by atoms with Crippen molar-refractivity contribution in [2.24, 2.45) is 0 Å². The molecule has 0 radical (unpaired) electrons. The summed E-state index contributed by atoms with van der Waals surface area (Å²) in [6.07, 6.45) is -3.65. The zero-order chi connectivity index (χ0) is 35.9. The van der Waals surface area contributed by atoms with Gasteiger partial charge in [-0.2, -0.15) is 13.2 Å². The number of benzene rings is 3. The van der Waals surface area contributed by atoms with Gasteiger partial charge in [0.25, 0.3) is 0 Å². The van der Waals surface area contributed by atoms with Gasteiger partial charge in [-0.05, 0) is 101 Å². The zero-order valence-corrected chi connectivity index (χ0v) is 30.9. The summed E-state index contributed by atoms with van der Waals surface area (Å²) in [4.78, 5) is 14.5. The molecule has 10 heteroatoms. The van der Waals surface area contributed by atoms with Crippen molar-refractivity contribution >= 4 is 40.5 Å². The summed E-state index contributed by atoms with van der Waals surface area (Å²) in [7, 11) is 0. The van der Waals surface area contributed by atoms with Crippen LogP contribution in [-0.4, -0.2) is 17.2 Å². The molecule has 0 saturated carbocycles. The number of alkyl halides is 3. The maximum absolute atomic E-state index is 13.1. The summed E-state index contributed by atoms with van der Waals surface area (Å²) in [5.74, 6) is -0.269. The summed E-state index contributed by atoms with van der Waals surface area (Å²) in [5.41, 5.74) is 0.966. The van der Waals surface area contributed by atoms with E-state index >= 15 is 0 Å². The molecule has 1 unspecified atom stereocenters.